The van der Waals surface area contributed by atoms with Crippen molar-refractivity contribution >= 4 is 37.2 Å². The molecule has 0 radical (unpaired) electrons. The van der Waals surface area contributed by atoms with Crippen molar-refractivity contribution in [3.05, 3.63) is 51.4 Å². The monoisotopic (exact) mass is 511 g/mol. The summed E-state index contributed by atoms with van der Waals surface area (Å²) in [5.74, 6) is 1.98. The van der Waals surface area contributed by atoms with Gasteiger partial charge in [0, 0.05) is 49.0 Å². The van der Waals surface area contributed by atoms with Gasteiger partial charge in [-0.05, 0) is 42.5 Å². The highest BCUT2D eigenvalue weighted by Gasteiger charge is 2.36. The quantitative estimate of drug-likeness (QED) is 0.537. The normalized spacial score (nSPS) is 21.7. The van der Waals surface area contributed by atoms with Crippen LogP contribution in [-0.4, -0.2) is 54.9 Å². The molecule has 1 aliphatic heterocycles. The van der Waals surface area contributed by atoms with Gasteiger partial charge in [-0.3, -0.25) is 4.31 Å². The molecule has 2 aliphatic rings. The second kappa shape index (κ2) is 10.4. The van der Waals surface area contributed by atoms with Crippen LogP contribution in [0.15, 0.2) is 45.8 Å². The second-order valence-electron chi connectivity index (χ2n) is 9.36. The number of thioether (sulfide) groups is 1. The van der Waals surface area contributed by atoms with Crippen LogP contribution in [0.2, 0.25) is 0 Å². The van der Waals surface area contributed by atoms with Gasteiger partial charge in [0.15, 0.2) is 0 Å². The number of aryl methyl sites for hydroxylation is 1. The first kappa shape index (κ1) is 26.2. The first-order valence-corrected chi connectivity index (χ1v) is 16.1. The van der Waals surface area contributed by atoms with Crippen molar-refractivity contribution in [2.75, 3.05) is 41.7 Å². The molecule has 1 aliphatic carbocycles. The van der Waals surface area contributed by atoms with E-state index in [9.17, 15) is 12.6 Å². The maximum absolute atomic E-state index is 13.9. The molecule has 2 unspecified atom stereocenters. The Morgan fingerprint density at radius 1 is 1.15 bits per heavy atom. The summed E-state index contributed by atoms with van der Waals surface area (Å²) >= 11 is 1.89. The largest absolute Gasteiger partial charge is 0.372 e. The molecule has 0 aromatic heterocycles. The van der Waals surface area contributed by atoms with Gasteiger partial charge in [0.05, 0.1) is 25.2 Å². The first-order valence-electron chi connectivity index (χ1n) is 11.6. The Kier molecular flexibility index (Phi) is 8.28. The molecule has 3 rings (SSSR count). The molecule has 1 fully saturated rings. The number of hydrogen-bond donors (Lipinski definition) is 1. The molecule has 1 aromatic rings. The van der Waals surface area contributed by atoms with E-state index in [1.54, 1.807) is 6.08 Å². The smallest absolute Gasteiger partial charge is 0.260 e. The molecular formula is C24H37N3O3S3. The number of nitrogens with zero attached hydrogens (tertiary/aromatic N) is 2. The fourth-order valence-electron chi connectivity index (χ4n) is 4.40. The number of nitrogens with one attached hydrogen (secondary N) is 1. The van der Waals surface area contributed by atoms with Gasteiger partial charge in [0.1, 0.15) is 0 Å². The lowest BCUT2D eigenvalue weighted by molar-refractivity contribution is 0.331. The Labute approximate surface area is 204 Å². The van der Waals surface area contributed by atoms with Gasteiger partial charge in [0.2, 0.25) is 0 Å². The lowest BCUT2D eigenvalue weighted by Gasteiger charge is -2.38. The minimum Gasteiger partial charge on any atom is -0.372 e. The molecule has 0 spiro atoms. The number of benzene rings is 1. The van der Waals surface area contributed by atoms with Crippen LogP contribution in [0.3, 0.4) is 0 Å². The summed E-state index contributed by atoms with van der Waals surface area (Å²) in [7, 11) is -6.94. The molecule has 0 bridgehead atoms. The minimum absolute atomic E-state index is 0.118. The van der Waals surface area contributed by atoms with Crippen LogP contribution in [0.5, 0.6) is 0 Å². The van der Waals surface area contributed by atoms with Gasteiger partial charge in [-0.15, -0.1) is 0 Å². The van der Waals surface area contributed by atoms with E-state index in [1.807, 2.05) is 56.8 Å². The molecule has 0 saturated carbocycles. The molecule has 9 heteroatoms. The van der Waals surface area contributed by atoms with Gasteiger partial charge in [-0.25, -0.2) is 17.4 Å². The topological polar surface area (TPSA) is 81.5 Å². The Bertz CT molecular complexity index is 1120. The van der Waals surface area contributed by atoms with Crippen LogP contribution in [0.4, 0.5) is 5.69 Å². The number of hydrogen-bond acceptors (Lipinski definition) is 6. The predicted octanol–water partition coefficient (Wildman–Crippen LogP) is 4.90. The van der Waals surface area contributed by atoms with E-state index in [1.165, 1.54) is 10.6 Å². The van der Waals surface area contributed by atoms with E-state index in [0.29, 0.717) is 23.6 Å². The number of anilines is 1. The molecule has 1 heterocycles. The van der Waals surface area contributed by atoms with Crippen molar-refractivity contribution in [2.45, 2.75) is 40.5 Å². The van der Waals surface area contributed by atoms with Crippen LogP contribution in [0.25, 0.3) is 0 Å². The van der Waals surface area contributed by atoms with Gasteiger partial charge in [-0.2, -0.15) is 11.8 Å². The highest BCUT2D eigenvalue weighted by atomic mass is 32.2. The molecule has 1 N–H and O–H groups in total. The Morgan fingerprint density at radius 2 is 1.76 bits per heavy atom. The second-order valence-corrected chi connectivity index (χ2v) is 14.6. The van der Waals surface area contributed by atoms with Crippen molar-refractivity contribution in [3.63, 3.8) is 0 Å². The highest BCUT2D eigenvalue weighted by molar-refractivity contribution is 7.99. The van der Waals surface area contributed by atoms with E-state index in [2.05, 4.69) is 11.8 Å². The number of rotatable bonds is 8. The van der Waals surface area contributed by atoms with Crippen LogP contribution in [-0.2, 0) is 26.2 Å². The zero-order chi connectivity index (χ0) is 24.4. The maximum Gasteiger partial charge on any atom is 0.260 e. The summed E-state index contributed by atoms with van der Waals surface area (Å²) in [6.07, 6.45) is 4.19. The summed E-state index contributed by atoms with van der Waals surface area (Å²) in [6, 6.07) is 7.67. The third-order valence-corrected chi connectivity index (χ3v) is 10.1. The SMILES string of the molecule is CCc1ccc(N(CC(C)C)S(=O)(=O)C2=CC(S(C)(=N)=O)=C(N3CCSCC3)C(C)C2)cc1. The van der Waals surface area contributed by atoms with E-state index in [-0.39, 0.29) is 16.7 Å². The Balaban J connectivity index is 2.10. The predicted molar refractivity (Wildman–Crippen MR) is 141 cm³/mol. The van der Waals surface area contributed by atoms with Gasteiger partial charge < -0.3 is 4.90 Å². The summed E-state index contributed by atoms with van der Waals surface area (Å²) in [6.45, 7) is 10.1. The summed E-state index contributed by atoms with van der Waals surface area (Å²) < 4.78 is 50.8. The molecule has 33 heavy (non-hydrogen) atoms. The van der Waals surface area contributed by atoms with Crippen molar-refractivity contribution in [1.29, 1.82) is 4.78 Å². The molecular weight excluding hydrogens is 474 g/mol. The third-order valence-electron chi connectivity index (χ3n) is 6.08. The van der Waals surface area contributed by atoms with Crippen LogP contribution in [0.1, 0.15) is 39.7 Å². The summed E-state index contributed by atoms with van der Waals surface area (Å²) in [4.78, 5) is 2.84. The van der Waals surface area contributed by atoms with Crippen LogP contribution in [0, 0.1) is 16.6 Å². The Hall–Kier alpha value is -1.45. The van der Waals surface area contributed by atoms with E-state index < -0.39 is 19.8 Å². The van der Waals surface area contributed by atoms with Crippen molar-refractivity contribution in [1.82, 2.24) is 4.90 Å². The summed E-state index contributed by atoms with van der Waals surface area (Å²) in [5.41, 5.74) is 2.68. The number of sulfonamides is 1. The average molecular weight is 512 g/mol. The van der Waals surface area contributed by atoms with E-state index in [0.717, 1.165) is 42.3 Å². The summed E-state index contributed by atoms with van der Waals surface area (Å²) in [5, 5.41) is 0. The van der Waals surface area contributed by atoms with Crippen molar-refractivity contribution in [2.24, 2.45) is 11.8 Å². The molecule has 1 aromatic carbocycles. The van der Waals surface area contributed by atoms with Crippen LogP contribution < -0.4 is 4.31 Å². The molecule has 1 saturated heterocycles. The molecule has 184 valence electrons. The fourth-order valence-corrected chi connectivity index (χ4v) is 8.38. The molecule has 0 amide bonds. The Morgan fingerprint density at radius 3 is 2.27 bits per heavy atom. The fraction of sp³-hybridized carbons (Fsp3) is 0.583. The van der Waals surface area contributed by atoms with Gasteiger partial charge >= 0.3 is 0 Å². The van der Waals surface area contributed by atoms with Crippen LogP contribution >= 0.6 is 11.8 Å². The van der Waals surface area contributed by atoms with Gasteiger partial charge in [0.25, 0.3) is 10.0 Å². The lowest BCUT2D eigenvalue weighted by Crippen LogP contribution is -2.39. The maximum atomic E-state index is 13.9. The van der Waals surface area contributed by atoms with E-state index >= 15 is 0 Å². The minimum atomic E-state index is -3.84. The standard InChI is InChI=1S/C24H37N3O3S3/c1-6-20-7-9-21(10-8-20)27(17-18(2)3)33(29,30)22-15-19(4)24(23(16-22)32(5,25)28)26-11-13-31-14-12-26/h7-10,16,18-19,25H,6,11-15,17H2,1-5H3. The van der Waals surface area contributed by atoms with Crippen molar-refractivity contribution < 1.29 is 12.6 Å². The lowest BCUT2D eigenvalue weighted by atomic mass is 9.97. The molecule has 6 nitrogen and oxygen atoms in total. The third kappa shape index (κ3) is 5.98. The van der Waals surface area contributed by atoms with Gasteiger partial charge in [-0.1, -0.05) is 39.8 Å². The zero-order valence-corrected chi connectivity index (χ0v) is 22.8. The van der Waals surface area contributed by atoms with Crippen molar-refractivity contribution in [3.8, 4) is 0 Å². The first-order chi connectivity index (χ1) is 15.4. The number of allylic oxidation sites excluding steroid dienone is 3. The van der Waals surface area contributed by atoms with E-state index in [4.69, 9.17) is 4.78 Å². The average Bonchev–Trinajstić information content (AvgIpc) is 2.76. The molecule has 2 atom stereocenters. The zero-order valence-electron chi connectivity index (χ0n) is 20.3. The highest BCUT2D eigenvalue weighted by Crippen LogP contribution is 2.39.